The molecule has 1 atom stereocenters. The Morgan fingerprint density at radius 1 is 1.29 bits per heavy atom. The molecule has 0 aliphatic heterocycles. The van der Waals surface area contributed by atoms with Gasteiger partial charge in [-0.15, -0.1) is 0 Å². The maximum Gasteiger partial charge on any atom is 0.126 e. The number of aryl methyl sites for hydroxylation is 3. The molecule has 0 amide bonds. The Balaban J connectivity index is 2.25. The lowest BCUT2D eigenvalue weighted by Crippen LogP contribution is -2.24. The standard InChI is InChI=1S/C17H24FN3/c1-5-14-10-15(21(4)20-14)11-17(19-6-2)13-8-7-12(3)16(18)9-13/h7-10,17,19H,5-6,11H2,1-4H3. The van der Waals surface area contributed by atoms with Crippen LogP contribution in [0.2, 0.25) is 0 Å². The lowest BCUT2D eigenvalue weighted by Gasteiger charge is -2.19. The summed E-state index contributed by atoms with van der Waals surface area (Å²) < 4.78 is 15.7. The number of likely N-dealkylation sites (N-methyl/N-ethyl adjacent to an activating group) is 1. The van der Waals surface area contributed by atoms with Gasteiger partial charge in [0.1, 0.15) is 5.82 Å². The molecule has 0 bridgehead atoms. The van der Waals surface area contributed by atoms with Gasteiger partial charge in [0.25, 0.3) is 0 Å². The highest BCUT2D eigenvalue weighted by molar-refractivity contribution is 5.27. The summed E-state index contributed by atoms with van der Waals surface area (Å²) in [5, 5.41) is 7.92. The minimum Gasteiger partial charge on any atom is -0.310 e. The van der Waals surface area contributed by atoms with Crippen LogP contribution in [0.3, 0.4) is 0 Å². The molecule has 1 heterocycles. The Kier molecular flexibility index (Phi) is 5.12. The van der Waals surface area contributed by atoms with Crippen LogP contribution >= 0.6 is 0 Å². The highest BCUT2D eigenvalue weighted by atomic mass is 19.1. The molecule has 0 aliphatic carbocycles. The summed E-state index contributed by atoms with van der Waals surface area (Å²) in [6.45, 7) is 6.80. The van der Waals surface area contributed by atoms with Crippen LogP contribution in [0.15, 0.2) is 24.3 Å². The minimum atomic E-state index is -0.144. The number of nitrogens with one attached hydrogen (secondary N) is 1. The molecule has 1 aromatic heterocycles. The topological polar surface area (TPSA) is 29.9 Å². The zero-order chi connectivity index (χ0) is 15.4. The van der Waals surface area contributed by atoms with Crippen LogP contribution in [0.1, 0.15) is 42.4 Å². The Morgan fingerprint density at radius 2 is 2.05 bits per heavy atom. The van der Waals surface area contributed by atoms with Crippen molar-refractivity contribution < 1.29 is 4.39 Å². The number of halogens is 1. The summed E-state index contributed by atoms with van der Waals surface area (Å²) in [6.07, 6.45) is 1.73. The molecule has 2 rings (SSSR count). The average molecular weight is 289 g/mol. The van der Waals surface area contributed by atoms with Crippen LogP contribution in [0.4, 0.5) is 4.39 Å². The molecule has 1 unspecified atom stereocenters. The van der Waals surface area contributed by atoms with E-state index in [0.717, 1.165) is 30.6 Å². The summed E-state index contributed by atoms with van der Waals surface area (Å²) in [6, 6.07) is 7.72. The van der Waals surface area contributed by atoms with Gasteiger partial charge < -0.3 is 5.32 Å². The van der Waals surface area contributed by atoms with Gasteiger partial charge in [-0.3, -0.25) is 4.68 Å². The lowest BCUT2D eigenvalue weighted by molar-refractivity contribution is 0.523. The largest absolute Gasteiger partial charge is 0.310 e. The second-order valence-electron chi connectivity index (χ2n) is 5.43. The van der Waals surface area contributed by atoms with E-state index >= 15 is 0 Å². The minimum absolute atomic E-state index is 0.102. The quantitative estimate of drug-likeness (QED) is 0.884. The Morgan fingerprint density at radius 3 is 2.62 bits per heavy atom. The van der Waals surface area contributed by atoms with Gasteiger partial charge in [0.2, 0.25) is 0 Å². The van der Waals surface area contributed by atoms with E-state index in [1.165, 1.54) is 5.69 Å². The van der Waals surface area contributed by atoms with Gasteiger partial charge >= 0.3 is 0 Å². The predicted molar refractivity (Wildman–Crippen MR) is 83.8 cm³/mol. The molecule has 0 saturated heterocycles. The van der Waals surface area contributed by atoms with Gasteiger partial charge in [0, 0.05) is 25.2 Å². The third-order valence-corrected chi connectivity index (χ3v) is 3.85. The molecular weight excluding hydrogens is 265 g/mol. The molecule has 0 aliphatic rings. The van der Waals surface area contributed by atoms with E-state index in [0.29, 0.717) is 5.56 Å². The number of hydrogen-bond acceptors (Lipinski definition) is 2. The highest BCUT2D eigenvalue weighted by Gasteiger charge is 2.15. The summed E-state index contributed by atoms with van der Waals surface area (Å²) >= 11 is 0. The van der Waals surface area contributed by atoms with Crippen molar-refractivity contribution in [2.24, 2.45) is 7.05 Å². The van der Waals surface area contributed by atoms with Crippen LogP contribution in [-0.4, -0.2) is 16.3 Å². The number of hydrogen-bond donors (Lipinski definition) is 1. The van der Waals surface area contributed by atoms with Gasteiger partial charge in [-0.25, -0.2) is 4.39 Å². The second-order valence-corrected chi connectivity index (χ2v) is 5.43. The van der Waals surface area contributed by atoms with E-state index in [1.54, 1.807) is 13.0 Å². The Hall–Kier alpha value is -1.68. The van der Waals surface area contributed by atoms with Gasteiger partial charge in [0.15, 0.2) is 0 Å². The van der Waals surface area contributed by atoms with Crippen molar-refractivity contribution in [2.75, 3.05) is 6.54 Å². The molecule has 21 heavy (non-hydrogen) atoms. The Bertz CT molecular complexity index is 604. The molecule has 0 fully saturated rings. The number of nitrogens with zero attached hydrogens (tertiary/aromatic N) is 2. The lowest BCUT2D eigenvalue weighted by atomic mass is 10.00. The molecule has 4 heteroatoms. The van der Waals surface area contributed by atoms with E-state index in [9.17, 15) is 4.39 Å². The predicted octanol–water partition coefficient (Wildman–Crippen LogP) is 3.32. The molecule has 0 spiro atoms. The van der Waals surface area contributed by atoms with Crippen molar-refractivity contribution in [3.05, 3.63) is 52.6 Å². The molecular formula is C17H24FN3. The zero-order valence-corrected chi connectivity index (χ0v) is 13.3. The fraction of sp³-hybridized carbons (Fsp3) is 0.471. The van der Waals surface area contributed by atoms with E-state index in [1.807, 2.05) is 23.9 Å². The monoisotopic (exact) mass is 289 g/mol. The first-order valence-electron chi connectivity index (χ1n) is 7.56. The fourth-order valence-corrected chi connectivity index (χ4v) is 2.52. The smallest absolute Gasteiger partial charge is 0.126 e. The summed E-state index contributed by atoms with van der Waals surface area (Å²) in [4.78, 5) is 0. The van der Waals surface area contributed by atoms with Gasteiger partial charge in [-0.05, 0) is 43.1 Å². The highest BCUT2D eigenvalue weighted by Crippen LogP contribution is 2.21. The molecule has 2 aromatic rings. The first-order valence-corrected chi connectivity index (χ1v) is 7.56. The zero-order valence-electron chi connectivity index (χ0n) is 13.3. The van der Waals surface area contributed by atoms with Gasteiger partial charge in [-0.1, -0.05) is 26.0 Å². The maximum atomic E-state index is 13.8. The van der Waals surface area contributed by atoms with Crippen molar-refractivity contribution in [3.63, 3.8) is 0 Å². The van der Waals surface area contributed by atoms with Crippen LogP contribution in [0.5, 0.6) is 0 Å². The van der Waals surface area contributed by atoms with Crippen molar-refractivity contribution in [2.45, 2.75) is 39.7 Å². The van der Waals surface area contributed by atoms with Crippen molar-refractivity contribution in [1.82, 2.24) is 15.1 Å². The SMILES string of the molecule is CCNC(Cc1cc(CC)nn1C)c1ccc(C)c(F)c1. The van der Waals surface area contributed by atoms with Gasteiger partial charge in [-0.2, -0.15) is 5.10 Å². The number of rotatable bonds is 6. The van der Waals surface area contributed by atoms with E-state index in [2.05, 4.69) is 30.3 Å². The number of aromatic nitrogens is 2. The molecule has 3 nitrogen and oxygen atoms in total. The third-order valence-electron chi connectivity index (χ3n) is 3.85. The normalized spacial score (nSPS) is 12.6. The summed E-state index contributed by atoms with van der Waals surface area (Å²) in [5.74, 6) is -0.144. The maximum absolute atomic E-state index is 13.8. The average Bonchev–Trinajstić information content (AvgIpc) is 2.82. The van der Waals surface area contributed by atoms with Crippen LogP contribution in [0.25, 0.3) is 0 Å². The van der Waals surface area contributed by atoms with Crippen LogP contribution < -0.4 is 5.32 Å². The van der Waals surface area contributed by atoms with Crippen molar-refractivity contribution in [1.29, 1.82) is 0 Å². The molecule has 1 N–H and O–H groups in total. The van der Waals surface area contributed by atoms with Crippen LogP contribution in [0, 0.1) is 12.7 Å². The fourth-order valence-electron chi connectivity index (χ4n) is 2.52. The molecule has 0 radical (unpaired) electrons. The summed E-state index contributed by atoms with van der Waals surface area (Å²) in [5.41, 5.74) is 3.93. The van der Waals surface area contributed by atoms with Crippen LogP contribution in [-0.2, 0) is 19.9 Å². The van der Waals surface area contributed by atoms with E-state index < -0.39 is 0 Å². The van der Waals surface area contributed by atoms with Gasteiger partial charge in [0.05, 0.1) is 5.69 Å². The first kappa shape index (κ1) is 15.7. The molecule has 114 valence electrons. The number of benzene rings is 1. The van der Waals surface area contributed by atoms with E-state index in [-0.39, 0.29) is 11.9 Å². The van der Waals surface area contributed by atoms with Crippen molar-refractivity contribution in [3.8, 4) is 0 Å². The molecule has 1 aromatic carbocycles. The van der Waals surface area contributed by atoms with E-state index in [4.69, 9.17) is 0 Å². The van der Waals surface area contributed by atoms with Crippen molar-refractivity contribution >= 4 is 0 Å². The Labute approximate surface area is 126 Å². The summed E-state index contributed by atoms with van der Waals surface area (Å²) in [7, 11) is 1.97. The third kappa shape index (κ3) is 3.70. The molecule has 0 saturated carbocycles. The first-order chi connectivity index (χ1) is 10.0. The second kappa shape index (κ2) is 6.85.